The minimum absolute atomic E-state index is 0.194. The zero-order chi connectivity index (χ0) is 12.3. The predicted molar refractivity (Wildman–Crippen MR) is 70.9 cm³/mol. The van der Waals surface area contributed by atoms with Crippen LogP contribution in [0.25, 0.3) is 0 Å². The molecule has 90 valence electrons. The van der Waals surface area contributed by atoms with Gasteiger partial charge in [0.15, 0.2) is 0 Å². The Morgan fingerprint density at radius 1 is 1.24 bits per heavy atom. The van der Waals surface area contributed by atoms with Crippen molar-refractivity contribution in [1.29, 1.82) is 0 Å². The normalized spacial score (nSPS) is 15.3. The van der Waals surface area contributed by atoms with Crippen LogP contribution in [0.4, 0.5) is 5.69 Å². The molecule has 17 heavy (non-hydrogen) atoms. The van der Waals surface area contributed by atoms with Gasteiger partial charge in [0, 0.05) is 17.8 Å². The van der Waals surface area contributed by atoms with Gasteiger partial charge in [0.1, 0.15) is 0 Å². The molecule has 0 saturated carbocycles. The van der Waals surface area contributed by atoms with Gasteiger partial charge in [-0.2, -0.15) is 0 Å². The smallest absolute Gasteiger partial charge is 0.235 e. The highest BCUT2D eigenvalue weighted by Gasteiger charge is 2.24. The van der Waals surface area contributed by atoms with Gasteiger partial charge in [-0.1, -0.05) is 37.1 Å². The van der Waals surface area contributed by atoms with Crippen LogP contribution in [0.5, 0.6) is 0 Å². The fraction of sp³-hybridized carbons (Fsp3) is 0.400. The zero-order valence-corrected chi connectivity index (χ0v) is 10.6. The molecule has 0 bridgehead atoms. The van der Waals surface area contributed by atoms with Crippen LogP contribution in [0.15, 0.2) is 36.0 Å². The minimum Gasteiger partial charge on any atom is -0.285 e. The van der Waals surface area contributed by atoms with Gasteiger partial charge in [-0.3, -0.25) is 9.69 Å². The molecule has 0 aliphatic carbocycles. The van der Waals surface area contributed by atoms with Crippen LogP contribution >= 0.6 is 0 Å². The molecule has 0 atom stereocenters. The molecule has 2 heteroatoms. The van der Waals surface area contributed by atoms with Crippen LogP contribution in [0, 0.1) is 6.92 Å². The number of benzene rings is 1. The molecule has 1 aromatic carbocycles. The highest BCUT2D eigenvalue weighted by atomic mass is 16.2. The van der Waals surface area contributed by atoms with Crippen molar-refractivity contribution in [2.45, 2.75) is 39.5 Å². The van der Waals surface area contributed by atoms with Crippen LogP contribution in [-0.4, -0.2) is 5.91 Å². The molecule has 0 aromatic heterocycles. The molecule has 0 unspecified atom stereocenters. The number of carbonyl (C=O) groups is 1. The second-order valence-electron chi connectivity index (χ2n) is 4.57. The zero-order valence-electron chi connectivity index (χ0n) is 10.6. The lowest BCUT2D eigenvalue weighted by molar-refractivity contribution is -0.116. The predicted octanol–water partition coefficient (Wildman–Crippen LogP) is 3.81. The van der Waals surface area contributed by atoms with E-state index < -0.39 is 0 Å². The first-order chi connectivity index (χ1) is 8.22. The summed E-state index contributed by atoms with van der Waals surface area (Å²) in [6.45, 7) is 4.23. The maximum absolute atomic E-state index is 11.9. The summed E-state index contributed by atoms with van der Waals surface area (Å²) in [4.78, 5) is 13.8. The number of hydrogen-bond donors (Lipinski definition) is 0. The fourth-order valence-electron chi connectivity index (χ4n) is 2.12. The van der Waals surface area contributed by atoms with Gasteiger partial charge in [-0.15, -0.1) is 0 Å². The Morgan fingerprint density at radius 2 is 1.94 bits per heavy atom. The second-order valence-corrected chi connectivity index (χ2v) is 4.57. The molecular weight excluding hydrogens is 210 g/mol. The van der Waals surface area contributed by atoms with Crippen LogP contribution in [-0.2, 0) is 4.79 Å². The summed E-state index contributed by atoms with van der Waals surface area (Å²) in [7, 11) is 0. The Kier molecular flexibility index (Phi) is 3.62. The SMILES string of the molecule is CCCCC1=CCC(=O)N1c1ccc(C)cc1. The molecule has 2 nitrogen and oxygen atoms in total. The van der Waals surface area contributed by atoms with E-state index in [-0.39, 0.29) is 5.91 Å². The number of rotatable bonds is 4. The third kappa shape index (κ3) is 2.57. The van der Waals surface area contributed by atoms with E-state index >= 15 is 0 Å². The van der Waals surface area contributed by atoms with Crippen LogP contribution in [0.1, 0.15) is 38.2 Å². The first kappa shape index (κ1) is 11.9. The molecule has 1 amide bonds. The Balaban J connectivity index is 2.20. The monoisotopic (exact) mass is 229 g/mol. The van der Waals surface area contributed by atoms with Crippen molar-refractivity contribution in [2.75, 3.05) is 4.90 Å². The number of nitrogens with zero attached hydrogens (tertiary/aromatic N) is 1. The van der Waals surface area contributed by atoms with Crippen molar-refractivity contribution < 1.29 is 4.79 Å². The van der Waals surface area contributed by atoms with Gasteiger partial charge in [-0.25, -0.2) is 0 Å². The van der Waals surface area contributed by atoms with Gasteiger partial charge in [0.25, 0.3) is 0 Å². The quantitative estimate of drug-likeness (QED) is 0.769. The molecule has 0 fully saturated rings. The number of allylic oxidation sites excluding steroid dienone is 1. The molecular formula is C15H19NO. The maximum atomic E-state index is 11.9. The van der Waals surface area contributed by atoms with E-state index in [1.807, 2.05) is 17.0 Å². The summed E-state index contributed by atoms with van der Waals surface area (Å²) in [6, 6.07) is 8.16. The number of unbranched alkanes of at least 4 members (excludes halogenated alkanes) is 1. The van der Waals surface area contributed by atoms with Crippen molar-refractivity contribution >= 4 is 11.6 Å². The lowest BCUT2D eigenvalue weighted by Gasteiger charge is -2.20. The number of anilines is 1. The minimum atomic E-state index is 0.194. The van der Waals surface area contributed by atoms with E-state index in [4.69, 9.17) is 0 Å². The van der Waals surface area contributed by atoms with E-state index in [9.17, 15) is 4.79 Å². The number of amides is 1. The van der Waals surface area contributed by atoms with Gasteiger partial charge in [0.2, 0.25) is 5.91 Å². The lowest BCUT2D eigenvalue weighted by atomic mass is 10.1. The summed E-state index contributed by atoms with van der Waals surface area (Å²) in [5, 5.41) is 0. The Bertz CT molecular complexity index is 431. The average molecular weight is 229 g/mol. The average Bonchev–Trinajstić information content (AvgIpc) is 2.69. The van der Waals surface area contributed by atoms with Crippen LogP contribution in [0.3, 0.4) is 0 Å². The highest BCUT2D eigenvalue weighted by Crippen LogP contribution is 2.28. The lowest BCUT2D eigenvalue weighted by Crippen LogP contribution is -2.24. The molecule has 1 aliphatic heterocycles. The molecule has 0 spiro atoms. The number of carbonyl (C=O) groups excluding carboxylic acids is 1. The topological polar surface area (TPSA) is 20.3 Å². The molecule has 0 saturated heterocycles. The van der Waals surface area contributed by atoms with E-state index in [1.54, 1.807) is 0 Å². The maximum Gasteiger partial charge on any atom is 0.235 e. The first-order valence-electron chi connectivity index (χ1n) is 6.31. The van der Waals surface area contributed by atoms with Crippen molar-refractivity contribution in [3.05, 3.63) is 41.6 Å². The van der Waals surface area contributed by atoms with Crippen molar-refractivity contribution in [1.82, 2.24) is 0 Å². The fourth-order valence-corrected chi connectivity index (χ4v) is 2.12. The van der Waals surface area contributed by atoms with E-state index in [1.165, 1.54) is 11.3 Å². The van der Waals surface area contributed by atoms with Crippen LogP contribution in [0.2, 0.25) is 0 Å². The first-order valence-corrected chi connectivity index (χ1v) is 6.31. The summed E-state index contributed by atoms with van der Waals surface area (Å²) < 4.78 is 0. The Labute approximate surface area is 103 Å². The van der Waals surface area contributed by atoms with Gasteiger partial charge >= 0.3 is 0 Å². The standard InChI is InChI=1S/C15H19NO/c1-3-4-5-13-10-11-15(17)16(13)14-8-6-12(2)7-9-14/h6-10H,3-5,11H2,1-2H3. The summed E-state index contributed by atoms with van der Waals surface area (Å²) in [5.41, 5.74) is 3.39. The largest absolute Gasteiger partial charge is 0.285 e. The van der Waals surface area contributed by atoms with Gasteiger partial charge in [-0.05, 0) is 31.9 Å². The molecule has 1 aliphatic rings. The highest BCUT2D eigenvalue weighted by molar-refractivity contribution is 6.00. The molecule has 1 heterocycles. The Morgan fingerprint density at radius 3 is 2.59 bits per heavy atom. The van der Waals surface area contributed by atoms with Crippen molar-refractivity contribution in [3.8, 4) is 0 Å². The Hall–Kier alpha value is -1.57. The molecule has 2 rings (SSSR count). The van der Waals surface area contributed by atoms with Gasteiger partial charge in [0.05, 0.1) is 0 Å². The van der Waals surface area contributed by atoms with Gasteiger partial charge < -0.3 is 0 Å². The van der Waals surface area contributed by atoms with E-state index in [0.717, 1.165) is 24.9 Å². The molecule has 1 aromatic rings. The summed E-state index contributed by atoms with van der Waals surface area (Å²) in [5.74, 6) is 0.194. The van der Waals surface area contributed by atoms with Crippen molar-refractivity contribution in [3.63, 3.8) is 0 Å². The van der Waals surface area contributed by atoms with E-state index in [0.29, 0.717) is 6.42 Å². The number of hydrogen-bond acceptors (Lipinski definition) is 1. The van der Waals surface area contributed by atoms with E-state index in [2.05, 4.69) is 32.1 Å². The van der Waals surface area contributed by atoms with Crippen LogP contribution < -0.4 is 4.90 Å². The summed E-state index contributed by atoms with van der Waals surface area (Å²) >= 11 is 0. The number of aryl methyl sites for hydroxylation is 1. The third-order valence-electron chi connectivity index (χ3n) is 3.13. The second kappa shape index (κ2) is 5.17. The summed E-state index contributed by atoms with van der Waals surface area (Å²) in [6.07, 6.45) is 5.91. The molecule has 0 N–H and O–H groups in total. The molecule has 0 radical (unpaired) electrons. The van der Waals surface area contributed by atoms with Crippen molar-refractivity contribution in [2.24, 2.45) is 0 Å². The third-order valence-corrected chi connectivity index (χ3v) is 3.13.